The second-order valence-corrected chi connectivity index (χ2v) is 8.04. The van der Waals surface area contributed by atoms with Crippen molar-refractivity contribution in [3.8, 4) is 0 Å². The summed E-state index contributed by atoms with van der Waals surface area (Å²) in [7, 11) is 4.30. The third-order valence-electron chi connectivity index (χ3n) is 6.02. The topological polar surface area (TPSA) is 11.4 Å². The molecule has 30 heavy (non-hydrogen) atoms. The predicted octanol–water partition coefficient (Wildman–Crippen LogP) is 7.21. The molecule has 0 N–H and O–H groups in total. The summed E-state index contributed by atoms with van der Waals surface area (Å²) in [6.45, 7) is 9.62. The minimum absolute atomic E-state index is 0.903. The van der Waals surface area contributed by atoms with E-state index in [0.29, 0.717) is 0 Å². The van der Waals surface area contributed by atoms with Gasteiger partial charge in [0.15, 0.2) is 0 Å². The fraction of sp³-hybridized carbons (Fsp3) is 0.259. The number of allylic oxidation sites excluding steroid dienone is 2. The standard InChI is InChI=1S/C27H31N3/c1-7-20(4)30-24-16-12-10-14-21(24)22-17-18-25(27(26(22)30)28(5)6)29(8-2)23-15-11-9-13-19(23)3/h7,9-18H,8H2,1-6H3. The summed E-state index contributed by atoms with van der Waals surface area (Å²) in [6, 6.07) is 21.9. The van der Waals surface area contributed by atoms with Gasteiger partial charge >= 0.3 is 0 Å². The Labute approximate surface area is 179 Å². The van der Waals surface area contributed by atoms with Crippen LogP contribution in [-0.2, 0) is 0 Å². The van der Waals surface area contributed by atoms with Gasteiger partial charge < -0.3 is 14.4 Å². The van der Waals surface area contributed by atoms with E-state index in [-0.39, 0.29) is 0 Å². The highest BCUT2D eigenvalue weighted by atomic mass is 15.2. The number of hydrogen-bond donors (Lipinski definition) is 0. The van der Waals surface area contributed by atoms with Gasteiger partial charge in [-0.2, -0.15) is 0 Å². The van der Waals surface area contributed by atoms with E-state index in [4.69, 9.17) is 0 Å². The molecule has 0 aliphatic carbocycles. The molecule has 4 aromatic rings. The summed E-state index contributed by atoms with van der Waals surface area (Å²) in [4.78, 5) is 4.69. The van der Waals surface area contributed by atoms with Crippen molar-refractivity contribution < 1.29 is 0 Å². The van der Waals surface area contributed by atoms with Crippen molar-refractivity contribution in [1.82, 2.24) is 4.57 Å². The molecule has 0 aliphatic heterocycles. The summed E-state index contributed by atoms with van der Waals surface area (Å²) in [6.07, 6.45) is 2.19. The lowest BCUT2D eigenvalue weighted by atomic mass is 10.1. The first-order chi connectivity index (χ1) is 14.5. The first-order valence-corrected chi connectivity index (χ1v) is 10.7. The maximum atomic E-state index is 2.43. The van der Waals surface area contributed by atoms with Crippen molar-refractivity contribution in [2.24, 2.45) is 0 Å². The van der Waals surface area contributed by atoms with Crippen molar-refractivity contribution in [2.75, 3.05) is 30.4 Å². The van der Waals surface area contributed by atoms with E-state index in [1.54, 1.807) is 0 Å². The van der Waals surface area contributed by atoms with Crippen LogP contribution in [0, 0.1) is 6.92 Å². The number of nitrogens with zero attached hydrogens (tertiary/aromatic N) is 3. The number of benzene rings is 3. The van der Waals surface area contributed by atoms with E-state index in [1.165, 1.54) is 50.1 Å². The first kappa shape index (κ1) is 20.1. The van der Waals surface area contributed by atoms with Crippen molar-refractivity contribution in [3.05, 3.63) is 72.3 Å². The van der Waals surface area contributed by atoms with Crippen LogP contribution in [0.1, 0.15) is 26.3 Å². The molecule has 0 bridgehead atoms. The maximum Gasteiger partial charge on any atom is 0.0853 e. The highest BCUT2D eigenvalue weighted by molar-refractivity contribution is 6.16. The Morgan fingerprint density at radius 3 is 2.27 bits per heavy atom. The minimum Gasteiger partial charge on any atom is -0.374 e. The van der Waals surface area contributed by atoms with Gasteiger partial charge in [-0.15, -0.1) is 0 Å². The Bertz CT molecular complexity index is 1240. The Morgan fingerprint density at radius 1 is 0.900 bits per heavy atom. The van der Waals surface area contributed by atoms with E-state index >= 15 is 0 Å². The van der Waals surface area contributed by atoms with Crippen molar-refractivity contribution >= 4 is 44.6 Å². The van der Waals surface area contributed by atoms with Crippen LogP contribution in [0.5, 0.6) is 0 Å². The second-order valence-electron chi connectivity index (χ2n) is 8.04. The van der Waals surface area contributed by atoms with Crippen LogP contribution < -0.4 is 9.80 Å². The lowest BCUT2D eigenvalue weighted by molar-refractivity contribution is 1.00. The zero-order chi connectivity index (χ0) is 21.4. The van der Waals surface area contributed by atoms with Crippen LogP contribution in [0.3, 0.4) is 0 Å². The molecule has 0 aliphatic rings. The van der Waals surface area contributed by atoms with Crippen LogP contribution in [-0.4, -0.2) is 25.2 Å². The first-order valence-electron chi connectivity index (χ1n) is 10.7. The number of aromatic nitrogens is 1. The number of fused-ring (bicyclic) bond motifs is 3. The Hall–Kier alpha value is -3.20. The summed E-state index contributed by atoms with van der Waals surface area (Å²) >= 11 is 0. The molecule has 154 valence electrons. The quantitative estimate of drug-likeness (QED) is 0.352. The highest BCUT2D eigenvalue weighted by Gasteiger charge is 2.22. The van der Waals surface area contributed by atoms with Crippen LogP contribution in [0.4, 0.5) is 17.1 Å². The van der Waals surface area contributed by atoms with E-state index < -0.39 is 0 Å². The maximum absolute atomic E-state index is 2.43. The average molecular weight is 398 g/mol. The van der Waals surface area contributed by atoms with Crippen LogP contribution in [0.15, 0.2) is 66.7 Å². The lowest BCUT2D eigenvalue weighted by Gasteiger charge is -2.30. The van der Waals surface area contributed by atoms with Gasteiger partial charge in [-0.25, -0.2) is 0 Å². The van der Waals surface area contributed by atoms with Gasteiger partial charge in [0.05, 0.1) is 22.4 Å². The van der Waals surface area contributed by atoms with Gasteiger partial charge in [0, 0.05) is 42.8 Å². The molecule has 0 radical (unpaired) electrons. The van der Waals surface area contributed by atoms with Gasteiger partial charge in [-0.1, -0.05) is 42.5 Å². The van der Waals surface area contributed by atoms with Gasteiger partial charge in [0.2, 0.25) is 0 Å². The van der Waals surface area contributed by atoms with E-state index in [1.807, 2.05) is 0 Å². The summed E-state index contributed by atoms with van der Waals surface area (Å²) < 4.78 is 2.41. The molecular formula is C27H31N3. The molecule has 3 nitrogen and oxygen atoms in total. The highest BCUT2D eigenvalue weighted by Crippen LogP contribution is 2.44. The summed E-state index contributed by atoms with van der Waals surface area (Å²) in [5.74, 6) is 0. The molecule has 4 rings (SSSR count). The molecule has 0 fully saturated rings. The number of hydrogen-bond acceptors (Lipinski definition) is 2. The van der Waals surface area contributed by atoms with E-state index in [0.717, 1.165) is 6.54 Å². The van der Waals surface area contributed by atoms with Gasteiger partial charge in [0.25, 0.3) is 0 Å². The van der Waals surface area contributed by atoms with E-state index in [9.17, 15) is 0 Å². The lowest BCUT2D eigenvalue weighted by Crippen LogP contribution is -2.21. The van der Waals surface area contributed by atoms with Crippen LogP contribution in [0.25, 0.3) is 27.5 Å². The molecule has 3 heteroatoms. The van der Waals surface area contributed by atoms with Crippen LogP contribution >= 0.6 is 0 Å². The molecule has 0 saturated carbocycles. The van der Waals surface area contributed by atoms with Gasteiger partial charge in [-0.3, -0.25) is 0 Å². The Kier molecular flexibility index (Phi) is 5.29. The molecule has 3 aromatic carbocycles. The van der Waals surface area contributed by atoms with Gasteiger partial charge in [0.1, 0.15) is 0 Å². The third-order valence-corrected chi connectivity index (χ3v) is 6.02. The van der Waals surface area contributed by atoms with Gasteiger partial charge in [-0.05, 0) is 57.5 Å². The summed E-state index contributed by atoms with van der Waals surface area (Å²) in [5, 5.41) is 2.59. The smallest absolute Gasteiger partial charge is 0.0853 e. The predicted molar refractivity (Wildman–Crippen MR) is 133 cm³/mol. The fourth-order valence-corrected chi connectivity index (χ4v) is 4.52. The molecule has 1 heterocycles. The molecule has 0 unspecified atom stereocenters. The summed E-state index contributed by atoms with van der Waals surface area (Å²) in [5.41, 5.74) is 8.78. The number of aryl methyl sites for hydroxylation is 1. The van der Waals surface area contributed by atoms with E-state index in [2.05, 4.69) is 123 Å². The number of anilines is 3. The Morgan fingerprint density at radius 2 is 1.60 bits per heavy atom. The largest absolute Gasteiger partial charge is 0.374 e. The number of rotatable bonds is 5. The van der Waals surface area contributed by atoms with Crippen molar-refractivity contribution in [2.45, 2.75) is 27.7 Å². The van der Waals surface area contributed by atoms with Crippen molar-refractivity contribution in [1.29, 1.82) is 0 Å². The normalized spacial score (nSPS) is 12.0. The number of para-hydroxylation sites is 2. The molecule has 0 saturated heterocycles. The fourth-order valence-electron chi connectivity index (χ4n) is 4.52. The average Bonchev–Trinajstić information content (AvgIpc) is 3.09. The third kappa shape index (κ3) is 3.06. The molecule has 0 amide bonds. The SMILES string of the molecule is CC=C(C)n1c2ccccc2c2ccc(N(CC)c3ccccc3C)c(N(C)C)c21. The molecule has 0 atom stereocenters. The second kappa shape index (κ2) is 7.91. The monoisotopic (exact) mass is 397 g/mol. The molecule has 1 aromatic heterocycles. The van der Waals surface area contributed by atoms with Crippen molar-refractivity contribution in [3.63, 3.8) is 0 Å². The zero-order valence-corrected chi connectivity index (χ0v) is 18.9. The minimum atomic E-state index is 0.903. The zero-order valence-electron chi connectivity index (χ0n) is 18.9. The molecule has 0 spiro atoms. The Balaban J connectivity index is 2.14. The van der Waals surface area contributed by atoms with Crippen LogP contribution in [0.2, 0.25) is 0 Å². The molecular weight excluding hydrogens is 366 g/mol.